The van der Waals surface area contributed by atoms with E-state index in [9.17, 15) is 0 Å². The molecule has 21 heavy (non-hydrogen) atoms. The van der Waals surface area contributed by atoms with Crippen LogP contribution in [0.1, 0.15) is 32.1 Å². The molecule has 112 valence electrons. The number of rotatable bonds is 2. The molecule has 5 nitrogen and oxygen atoms in total. The molecule has 0 amide bonds. The number of piperidine rings is 1. The van der Waals surface area contributed by atoms with Crippen molar-refractivity contribution in [3.63, 3.8) is 0 Å². The summed E-state index contributed by atoms with van der Waals surface area (Å²) in [4.78, 5) is 14.2. The van der Waals surface area contributed by atoms with Crippen LogP contribution >= 0.6 is 11.3 Å². The topological polar surface area (TPSA) is 58.3 Å². The van der Waals surface area contributed by atoms with Gasteiger partial charge in [0.1, 0.15) is 0 Å². The van der Waals surface area contributed by atoms with Gasteiger partial charge in [-0.05, 0) is 38.2 Å². The van der Waals surface area contributed by atoms with Crippen molar-refractivity contribution in [2.75, 3.05) is 41.7 Å². The largest absolute Gasteiger partial charge is 0.396 e. The first kappa shape index (κ1) is 13.1. The highest BCUT2D eigenvalue weighted by atomic mass is 32.1. The lowest BCUT2D eigenvalue weighted by Gasteiger charge is -2.25. The third kappa shape index (κ3) is 2.41. The first-order valence-electron chi connectivity index (χ1n) is 7.88. The summed E-state index contributed by atoms with van der Waals surface area (Å²) < 4.78 is 1.11. The Labute approximate surface area is 128 Å². The van der Waals surface area contributed by atoms with E-state index in [1.54, 1.807) is 11.3 Å². The summed E-state index contributed by atoms with van der Waals surface area (Å²) in [6.07, 6.45) is 6.34. The SMILES string of the molecule is Nc1cc2sc(N3CCCCC3)nc2nc1N1CCCC1. The minimum absolute atomic E-state index is 0.790. The van der Waals surface area contributed by atoms with Crippen LogP contribution in [0.5, 0.6) is 0 Å². The molecule has 0 radical (unpaired) electrons. The molecule has 0 unspecified atom stereocenters. The van der Waals surface area contributed by atoms with E-state index < -0.39 is 0 Å². The van der Waals surface area contributed by atoms with Crippen LogP contribution in [0.25, 0.3) is 10.3 Å². The lowest BCUT2D eigenvalue weighted by Crippen LogP contribution is -2.29. The molecule has 2 aromatic rings. The minimum atomic E-state index is 0.790. The molecule has 4 heterocycles. The summed E-state index contributed by atoms with van der Waals surface area (Å²) in [5, 5.41) is 1.11. The van der Waals surface area contributed by atoms with Crippen molar-refractivity contribution in [3.8, 4) is 0 Å². The highest BCUT2D eigenvalue weighted by Gasteiger charge is 2.20. The zero-order valence-electron chi connectivity index (χ0n) is 12.2. The van der Waals surface area contributed by atoms with Crippen molar-refractivity contribution in [2.24, 2.45) is 0 Å². The van der Waals surface area contributed by atoms with Gasteiger partial charge in [0, 0.05) is 26.2 Å². The van der Waals surface area contributed by atoms with Gasteiger partial charge in [-0.3, -0.25) is 0 Å². The average molecular weight is 303 g/mol. The number of thiazole rings is 1. The third-order valence-electron chi connectivity index (χ3n) is 4.41. The van der Waals surface area contributed by atoms with Gasteiger partial charge in [-0.15, -0.1) is 0 Å². The molecule has 0 aromatic carbocycles. The van der Waals surface area contributed by atoms with Crippen LogP contribution in [0.3, 0.4) is 0 Å². The van der Waals surface area contributed by atoms with Crippen molar-refractivity contribution in [1.82, 2.24) is 9.97 Å². The molecule has 0 atom stereocenters. The van der Waals surface area contributed by atoms with E-state index in [0.29, 0.717) is 0 Å². The molecule has 0 spiro atoms. The van der Waals surface area contributed by atoms with E-state index in [0.717, 1.165) is 53.2 Å². The standard InChI is InChI=1S/C15H21N5S/c16-11-10-12-13(17-14(11)19-6-4-5-7-19)18-15(21-12)20-8-2-1-3-9-20/h10H,1-9,16H2. The van der Waals surface area contributed by atoms with E-state index in [1.165, 1.54) is 32.1 Å². The second-order valence-electron chi connectivity index (χ2n) is 5.96. The Morgan fingerprint density at radius 1 is 0.905 bits per heavy atom. The van der Waals surface area contributed by atoms with Crippen LogP contribution in [-0.4, -0.2) is 36.1 Å². The molecule has 6 heteroatoms. The average Bonchev–Trinajstić information content (AvgIpc) is 3.16. The molecule has 2 aliphatic rings. The lowest BCUT2D eigenvalue weighted by molar-refractivity contribution is 0.577. The number of nitrogen functional groups attached to an aromatic ring is 1. The number of hydrogen-bond acceptors (Lipinski definition) is 6. The Morgan fingerprint density at radius 2 is 1.57 bits per heavy atom. The number of aromatic nitrogens is 2. The van der Waals surface area contributed by atoms with Crippen LogP contribution in [0.2, 0.25) is 0 Å². The monoisotopic (exact) mass is 303 g/mol. The maximum Gasteiger partial charge on any atom is 0.188 e. The molecular weight excluding hydrogens is 282 g/mol. The summed E-state index contributed by atoms with van der Waals surface area (Å²) in [5.74, 6) is 0.926. The molecule has 2 fully saturated rings. The zero-order valence-corrected chi connectivity index (χ0v) is 13.0. The van der Waals surface area contributed by atoms with Gasteiger partial charge in [-0.25, -0.2) is 4.98 Å². The zero-order chi connectivity index (χ0) is 14.2. The van der Waals surface area contributed by atoms with Crippen molar-refractivity contribution < 1.29 is 0 Å². The first-order valence-corrected chi connectivity index (χ1v) is 8.70. The van der Waals surface area contributed by atoms with Gasteiger partial charge in [0.05, 0.1) is 10.4 Å². The fourth-order valence-corrected chi connectivity index (χ4v) is 4.27. The first-order chi connectivity index (χ1) is 10.3. The number of nitrogens with two attached hydrogens (primary N) is 1. The molecule has 0 saturated carbocycles. The maximum absolute atomic E-state index is 6.22. The number of nitrogens with zero attached hydrogens (tertiary/aromatic N) is 4. The minimum Gasteiger partial charge on any atom is -0.396 e. The van der Waals surface area contributed by atoms with E-state index in [-0.39, 0.29) is 0 Å². The highest BCUT2D eigenvalue weighted by molar-refractivity contribution is 7.22. The summed E-state index contributed by atoms with van der Waals surface area (Å²) >= 11 is 1.72. The Kier molecular flexibility index (Phi) is 3.33. The van der Waals surface area contributed by atoms with Gasteiger partial charge >= 0.3 is 0 Å². The molecular formula is C15H21N5S. The fourth-order valence-electron chi connectivity index (χ4n) is 3.26. The maximum atomic E-state index is 6.22. The molecule has 2 saturated heterocycles. The van der Waals surface area contributed by atoms with E-state index in [2.05, 4.69) is 15.9 Å². The summed E-state index contributed by atoms with van der Waals surface area (Å²) in [6, 6.07) is 2.06. The second-order valence-corrected chi connectivity index (χ2v) is 6.97. The molecule has 2 N–H and O–H groups in total. The van der Waals surface area contributed by atoms with Crippen LogP contribution < -0.4 is 15.5 Å². The van der Waals surface area contributed by atoms with Crippen molar-refractivity contribution >= 4 is 38.3 Å². The van der Waals surface area contributed by atoms with Crippen molar-refractivity contribution in [3.05, 3.63) is 6.07 Å². The van der Waals surface area contributed by atoms with E-state index in [4.69, 9.17) is 15.7 Å². The normalized spacial score (nSPS) is 19.6. The molecule has 0 aliphatic carbocycles. The highest BCUT2D eigenvalue weighted by Crippen LogP contribution is 2.34. The molecule has 4 rings (SSSR count). The van der Waals surface area contributed by atoms with Crippen molar-refractivity contribution in [2.45, 2.75) is 32.1 Å². The van der Waals surface area contributed by atoms with E-state index >= 15 is 0 Å². The van der Waals surface area contributed by atoms with Gasteiger partial charge in [0.25, 0.3) is 0 Å². The number of pyridine rings is 1. The third-order valence-corrected chi connectivity index (χ3v) is 5.46. The smallest absolute Gasteiger partial charge is 0.188 e. The van der Waals surface area contributed by atoms with Crippen molar-refractivity contribution in [1.29, 1.82) is 0 Å². The van der Waals surface area contributed by atoms with Gasteiger partial charge < -0.3 is 15.5 Å². The summed E-state index contributed by atoms with van der Waals surface area (Å²) in [6.45, 7) is 4.36. The molecule has 2 aliphatic heterocycles. The van der Waals surface area contributed by atoms with Crippen LogP contribution in [0, 0.1) is 0 Å². The Morgan fingerprint density at radius 3 is 2.33 bits per heavy atom. The quantitative estimate of drug-likeness (QED) is 0.924. The van der Waals surface area contributed by atoms with Crippen LogP contribution in [-0.2, 0) is 0 Å². The molecule has 2 aromatic heterocycles. The van der Waals surface area contributed by atoms with Crippen LogP contribution in [0.4, 0.5) is 16.6 Å². The predicted molar refractivity (Wildman–Crippen MR) is 89.3 cm³/mol. The lowest BCUT2D eigenvalue weighted by atomic mass is 10.1. The number of fused-ring (bicyclic) bond motifs is 1. The van der Waals surface area contributed by atoms with Crippen LogP contribution in [0.15, 0.2) is 6.07 Å². The Balaban J connectivity index is 1.70. The predicted octanol–water partition coefficient (Wildman–Crippen LogP) is 2.86. The summed E-state index contributed by atoms with van der Waals surface area (Å²) in [7, 11) is 0. The summed E-state index contributed by atoms with van der Waals surface area (Å²) in [5.41, 5.74) is 7.86. The van der Waals surface area contributed by atoms with Gasteiger partial charge in [0.2, 0.25) is 0 Å². The van der Waals surface area contributed by atoms with E-state index in [1.807, 2.05) is 0 Å². The molecule has 0 bridgehead atoms. The number of anilines is 3. The van der Waals surface area contributed by atoms with Gasteiger partial charge in [0.15, 0.2) is 16.6 Å². The Bertz CT molecular complexity index is 641. The number of hydrogen-bond donors (Lipinski definition) is 1. The Hall–Kier alpha value is -1.56. The van der Waals surface area contributed by atoms with Gasteiger partial charge in [-0.1, -0.05) is 11.3 Å². The van der Waals surface area contributed by atoms with Gasteiger partial charge in [-0.2, -0.15) is 4.98 Å². The second kappa shape index (κ2) is 5.33. The fraction of sp³-hybridized carbons (Fsp3) is 0.600.